The molecule has 0 aliphatic rings. The van der Waals surface area contributed by atoms with Crippen molar-refractivity contribution in [1.29, 1.82) is 0 Å². The van der Waals surface area contributed by atoms with E-state index < -0.39 is 0 Å². The predicted octanol–water partition coefficient (Wildman–Crippen LogP) is 8.10. The summed E-state index contributed by atoms with van der Waals surface area (Å²) in [6.07, 6.45) is 15.9. The van der Waals surface area contributed by atoms with Crippen LogP contribution in [-0.4, -0.2) is 17.7 Å². The van der Waals surface area contributed by atoms with Crippen LogP contribution in [0.25, 0.3) is 0 Å². The number of hydrogen-bond donors (Lipinski definition) is 1. The van der Waals surface area contributed by atoms with Gasteiger partial charge in [0.05, 0.1) is 6.61 Å². The highest BCUT2D eigenvalue weighted by Crippen LogP contribution is 2.22. The summed E-state index contributed by atoms with van der Waals surface area (Å²) >= 11 is 0. The second kappa shape index (κ2) is 16.2. The molecule has 0 radical (unpaired) electrons. The van der Waals surface area contributed by atoms with Gasteiger partial charge in [-0.1, -0.05) is 92.4 Å². The zero-order valence-corrected chi connectivity index (χ0v) is 20.2. The molecule has 3 atom stereocenters. The summed E-state index contributed by atoms with van der Waals surface area (Å²) < 4.78 is 5.29. The Morgan fingerprint density at radius 2 is 1.27 bits per heavy atom. The van der Waals surface area contributed by atoms with Crippen LogP contribution in [0.15, 0.2) is 24.5 Å². The molecule has 3 unspecified atom stereocenters. The second-order valence-corrected chi connectivity index (χ2v) is 9.79. The Hall–Kier alpha value is -1.58. The third kappa shape index (κ3) is 14.4. The first-order valence-electron chi connectivity index (χ1n) is 12.2. The van der Waals surface area contributed by atoms with Gasteiger partial charge in [-0.3, -0.25) is 10.3 Å². The van der Waals surface area contributed by atoms with Gasteiger partial charge in [0.2, 0.25) is 0 Å². The zero-order valence-electron chi connectivity index (χ0n) is 20.2. The first-order chi connectivity index (χ1) is 14.4. The number of hydrogen-bond acceptors (Lipinski definition) is 3. The Morgan fingerprint density at radius 3 is 1.77 bits per heavy atom. The molecule has 1 heterocycles. The van der Waals surface area contributed by atoms with Crippen LogP contribution >= 0.6 is 0 Å². The monoisotopic (exact) mass is 418 g/mol. The average molecular weight is 419 g/mol. The van der Waals surface area contributed by atoms with Crippen LogP contribution in [0, 0.1) is 23.7 Å². The normalized spacial score (nSPS) is 14.3. The van der Waals surface area contributed by atoms with Crippen LogP contribution < -0.4 is 5.32 Å². The molecule has 172 valence electrons. The summed E-state index contributed by atoms with van der Waals surface area (Å²) in [4.78, 5) is 15.7. The highest BCUT2D eigenvalue weighted by atomic mass is 16.5. The van der Waals surface area contributed by atoms with Gasteiger partial charge < -0.3 is 4.74 Å². The summed E-state index contributed by atoms with van der Waals surface area (Å²) in [5.41, 5.74) is 0.710. The Kier molecular flexibility index (Phi) is 14.2. The number of rotatable bonds is 16. The highest BCUT2D eigenvalue weighted by molar-refractivity contribution is 5.84. The molecular formula is C26H46N2O2. The molecule has 0 spiro atoms. The highest BCUT2D eigenvalue weighted by Gasteiger charge is 2.09. The standard InChI is InChI=1S/C26H46N2O2/c1-21(2)9-6-10-22(3)11-7-12-23(4)13-8-14-24(5)17-20-30-26(29)28-25-15-18-27-19-16-25/h15-16,18-19,21-24H,6-14,17,20H2,1-5H3,(H,27,28,29). The second-order valence-electron chi connectivity index (χ2n) is 9.79. The molecule has 1 rings (SSSR count). The lowest BCUT2D eigenvalue weighted by Gasteiger charge is -2.16. The van der Waals surface area contributed by atoms with E-state index in [0.29, 0.717) is 18.2 Å². The van der Waals surface area contributed by atoms with Gasteiger partial charge in [-0.05, 0) is 42.2 Å². The SMILES string of the molecule is CC(C)CCCC(C)CCCC(C)CCCC(C)CCOC(=O)Nc1ccncc1. The van der Waals surface area contributed by atoms with E-state index in [9.17, 15) is 4.79 Å². The molecule has 0 aromatic carbocycles. The molecular weight excluding hydrogens is 372 g/mol. The van der Waals surface area contributed by atoms with Gasteiger partial charge in [0.1, 0.15) is 0 Å². The average Bonchev–Trinajstić information content (AvgIpc) is 2.68. The Labute approximate surface area is 185 Å². The fourth-order valence-corrected chi connectivity index (χ4v) is 3.88. The molecule has 1 aromatic heterocycles. The molecule has 4 heteroatoms. The van der Waals surface area contributed by atoms with Gasteiger partial charge in [-0.2, -0.15) is 0 Å². The van der Waals surface area contributed by atoms with Gasteiger partial charge in [0, 0.05) is 18.1 Å². The molecule has 0 bridgehead atoms. The summed E-state index contributed by atoms with van der Waals surface area (Å²) in [5, 5.41) is 2.72. The van der Waals surface area contributed by atoms with Crippen molar-refractivity contribution in [3.63, 3.8) is 0 Å². The van der Waals surface area contributed by atoms with Crippen LogP contribution in [0.1, 0.15) is 98.8 Å². The van der Waals surface area contributed by atoms with Crippen molar-refractivity contribution >= 4 is 11.8 Å². The topological polar surface area (TPSA) is 51.2 Å². The first kappa shape index (κ1) is 26.5. The fourth-order valence-electron chi connectivity index (χ4n) is 3.88. The van der Waals surface area contributed by atoms with E-state index in [-0.39, 0.29) is 6.09 Å². The quantitative estimate of drug-likeness (QED) is 0.295. The zero-order chi connectivity index (χ0) is 22.2. The lowest BCUT2D eigenvalue weighted by molar-refractivity contribution is 0.153. The Morgan fingerprint density at radius 1 is 0.800 bits per heavy atom. The van der Waals surface area contributed by atoms with Crippen LogP contribution in [0.4, 0.5) is 10.5 Å². The number of anilines is 1. The molecule has 0 saturated heterocycles. The molecule has 30 heavy (non-hydrogen) atoms. The van der Waals surface area contributed by atoms with E-state index in [0.717, 1.165) is 24.2 Å². The maximum absolute atomic E-state index is 11.8. The summed E-state index contributed by atoms with van der Waals surface area (Å²) in [5.74, 6) is 3.14. The van der Waals surface area contributed by atoms with Crippen molar-refractivity contribution in [2.75, 3.05) is 11.9 Å². The minimum absolute atomic E-state index is 0.388. The number of pyridine rings is 1. The van der Waals surface area contributed by atoms with Gasteiger partial charge in [0.25, 0.3) is 0 Å². The van der Waals surface area contributed by atoms with E-state index >= 15 is 0 Å². The van der Waals surface area contributed by atoms with Crippen LogP contribution in [0.5, 0.6) is 0 Å². The third-order valence-corrected chi connectivity index (χ3v) is 6.04. The largest absolute Gasteiger partial charge is 0.449 e. The number of aromatic nitrogens is 1. The maximum Gasteiger partial charge on any atom is 0.411 e. The predicted molar refractivity (Wildman–Crippen MR) is 128 cm³/mol. The Bertz CT molecular complexity index is 547. The van der Waals surface area contributed by atoms with Crippen molar-refractivity contribution in [2.24, 2.45) is 23.7 Å². The first-order valence-corrected chi connectivity index (χ1v) is 12.2. The minimum Gasteiger partial charge on any atom is -0.449 e. The van der Waals surface area contributed by atoms with Gasteiger partial charge >= 0.3 is 6.09 Å². The van der Waals surface area contributed by atoms with Crippen LogP contribution in [0.3, 0.4) is 0 Å². The molecule has 0 fully saturated rings. The van der Waals surface area contributed by atoms with E-state index in [1.54, 1.807) is 24.5 Å². The van der Waals surface area contributed by atoms with Crippen molar-refractivity contribution in [2.45, 2.75) is 98.8 Å². The number of carbonyl (C=O) groups is 1. The van der Waals surface area contributed by atoms with E-state index in [1.807, 2.05) is 0 Å². The number of nitrogens with one attached hydrogen (secondary N) is 1. The minimum atomic E-state index is -0.388. The summed E-state index contributed by atoms with van der Waals surface area (Å²) in [7, 11) is 0. The molecule has 1 amide bonds. The number of ether oxygens (including phenoxy) is 1. The van der Waals surface area contributed by atoms with E-state index in [4.69, 9.17) is 4.74 Å². The number of amides is 1. The lowest BCUT2D eigenvalue weighted by Crippen LogP contribution is -2.15. The van der Waals surface area contributed by atoms with Crippen molar-refractivity contribution in [3.05, 3.63) is 24.5 Å². The maximum atomic E-state index is 11.8. The van der Waals surface area contributed by atoms with Crippen molar-refractivity contribution < 1.29 is 9.53 Å². The van der Waals surface area contributed by atoms with E-state index in [1.165, 1.54) is 57.8 Å². The van der Waals surface area contributed by atoms with Gasteiger partial charge in [-0.15, -0.1) is 0 Å². The van der Waals surface area contributed by atoms with E-state index in [2.05, 4.69) is 44.9 Å². The summed E-state index contributed by atoms with van der Waals surface area (Å²) in [6, 6.07) is 3.50. The molecule has 1 aromatic rings. The fraction of sp³-hybridized carbons (Fsp3) is 0.769. The summed E-state index contributed by atoms with van der Waals surface area (Å²) in [6.45, 7) is 12.2. The molecule has 0 aliphatic heterocycles. The number of carbonyl (C=O) groups excluding carboxylic acids is 1. The van der Waals surface area contributed by atoms with Crippen molar-refractivity contribution in [1.82, 2.24) is 4.98 Å². The lowest BCUT2D eigenvalue weighted by atomic mass is 9.91. The van der Waals surface area contributed by atoms with Gasteiger partial charge in [-0.25, -0.2) is 4.79 Å². The van der Waals surface area contributed by atoms with Gasteiger partial charge in [0.15, 0.2) is 0 Å². The molecule has 0 saturated carbocycles. The van der Waals surface area contributed by atoms with Crippen LogP contribution in [-0.2, 0) is 4.74 Å². The smallest absolute Gasteiger partial charge is 0.411 e. The molecule has 1 N–H and O–H groups in total. The Balaban J connectivity index is 1.99. The van der Waals surface area contributed by atoms with Crippen molar-refractivity contribution in [3.8, 4) is 0 Å². The number of nitrogens with zero attached hydrogens (tertiary/aromatic N) is 1. The third-order valence-electron chi connectivity index (χ3n) is 6.04. The van der Waals surface area contributed by atoms with Crippen LogP contribution in [0.2, 0.25) is 0 Å². The molecule has 4 nitrogen and oxygen atoms in total. The molecule has 0 aliphatic carbocycles.